The number of hydrogen-bond acceptors (Lipinski definition) is 4. The normalized spacial score (nSPS) is 26.7. The van der Waals surface area contributed by atoms with Crippen LogP contribution in [0.4, 0.5) is 0 Å². The maximum Gasteiger partial charge on any atom is 0.281 e. The summed E-state index contributed by atoms with van der Waals surface area (Å²) in [4.78, 5) is 0.180. The highest BCUT2D eigenvalue weighted by Crippen LogP contribution is 2.55. The third-order valence-electron chi connectivity index (χ3n) is 5.44. The molecule has 5 nitrogen and oxygen atoms in total. The van der Waals surface area contributed by atoms with E-state index in [0.717, 1.165) is 11.1 Å². The van der Waals surface area contributed by atoms with Gasteiger partial charge in [-0.3, -0.25) is 0 Å². The van der Waals surface area contributed by atoms with Crippen molar-refractivity contribution >= 4 is 16.2 Å². The molecule has 148 valence electrons. The van der Waals surface area contributed by atoms with Crippen molar-refractivity contribution < 1.29 is 17.9 Å². The van der Waals surface area contributed by atoms with Crippen molar-refractivity contribution in [3.8, 4) is 0 Å². The first kappa shape index (κ1) is 20.2. The Bertz CT molecular complexity index is 856. The van der Waals surface area contributed by atoms with Gasteiger partial charge in [0.2, 0.25) is 0 Å². The molecule has 0 N–H and O–H groups in total. The number of rotatable bonds is 3. The van der Waals surface area contributed by atoms with E-state index in [4.69, 9.17) is 9.47 Å². The standard InChI is InChI=1S/C21H29NO4S/c1-15-7-9-17(10-8-15)27(23,24)22-12-18-20(5,6)11-16(2)21(18)25-13-19(3,4)14-26-21/h7-10,12,18H,2,11,13-14H2,1,3-6H3/b22-12+. The highest BCUT2D eigenvalue weighted by Gasteiger charge is 2.59. The first-order chi connectivity index (χ1) is 12.4. The van der Waals surface area contributed by atoms with Gasteiger partial charge in [0.25, 0.3) is 10.0 Å². The van der Waals surface area contributed by atoms with E-state index < -0.39 is 15.8 Å². The summed E-state index contributed by atoms with van der Waals surface area (Å²) in [7, 11) is -3.78. The van der Waals surface area contributed by atoms with E-state index in [1.165, 1.54) is 6.21 Å². The number of benzene rings is 1. The zero-order chi connectivity index (χ0) is 20.1. The first-order valence-electron chi connectivity index (χ1n) is 9.21. The Morgan fingerprint density at radius 2 is 1.67 bits per heavy atom. The molecule has 0 bridgehead atoms. The van der Waals surface area contributed by atoms with Crippen LogP contribution in [0.5, 0.6) is 0 Å². The van der Waals surface area contributed by atoms with Gasteiger partial charge in [0.1, 0.15) is 0 Å². The summed E-state index contributed by atoms with van der Waals surface area (Å²) in [5.41, 5.74) is 1.47. The Kier molecular flexibility index (Phi) is 4.90. The van der Waals surface area contributed by atoms with Crippen LogP contribution in [0.2, 0.25) is 0 Å². The molecule has 1 aliphatic carbocycles. The summed E-state index contributed by atoms with van der Waals surface area (Å²) in [5, 5.41) is 0. The smallest absolute Gasteiger partial charge is 0.281 e. The van der Waals surface area contributed by atoms with Crippen molar-refractivity contribution in [3.05, 3.63) is 42.0 Å². The molecule has 27 heavy (non-hydrogen) atoms. The average Bonchev–Trinajstić information content (AvgIpc) is 2.74. The fourth-order valence-electron chi connectivity index (χ4n) is 3.80. The number of hydrogen-bond donors (Lipinski definition) is 0. The van der Waals surface area contributed by atoms with E-state index in [2.05, 4.69) is 38.7 Å². The van der Waals surface area contributed by atoms with Crippen LogP contribution < -0.4 is 0 Å². The third kappa shape index (κ3) is 3.75. The molecular formula is C21H29NO4S. The first-order valence-corrected chi connectivity index (χ1v) is 10.7. The molecule has 1 unspecified atom stereocenters. The van der Waals surface area contributed by atoms with Gasteiger partial charge >= 0.3 is 0 Å². The molecule has 1 spiro atoms. The molecule has 1 aromatic rings. The van der Waals surface area contributed by atoms with Gasteiger partial charge in [-0.15, -0.1) is 0 Å². The molecule has 2 fully saturated rings. The molecule has 0 amide bonds. The number of sulfonamides is 1. The highest BCUT2D eigenvalue weighted by molar-refractivity contribution is 7.90. The van der Waals surface area contributed by atoms with Crippen LogP contribution in [0, 0.1) is 23.7 Å². The highest BCUT2D eigenvalue weighted by atomic mass is 32.2. The van der Waals surface area contributed by atoms with Gasteiger partial charge < -0.3 is 9.47 Å². The summed E-state index contributed by atoms with van der Waals surface area (Å²) in [5.74, 6) is -1.35. The molecule has 0 aromatic heterocycles. The summed E-state index contributed by atoms with van der Waals surface area (Å²) in [6, 6.07) is 6.68. The van der Waals surface area contributed by atoms with Crippen LogP contribution in [0.1, 0.15) is 39.7 Å². The van der Waals surface area contributed by atoms with Crippen LogP contribution in [-0.4, -0.2) is 33.6 Å². The largest absolute Gasteiger partial charge is 0.345 e. The fourth-order valence-corrected chi connectivity index (χ4v) is 4.69. The summed E-state index contributed by atoms with van der Waals surface area (Å²) in [6.45, 7) is 15.4. The molecule has 0 radical (unpaired) electrons. The van der Waals surface area contributed by atoms with Crippen molar-refractivity contribution in [3.63, 3.8) is 0 Å². The van der Waals surface area contributed by atoms with Crippen molar-refractivity contribution in [2.24, 2.45) is 21.1 Å². The minimum atomic E-state index is -3.78. The number of nitrogens with zero attached hydrogens (tertiary/aromatic N) is 1. The third-order valence-corrected chi connectivity index (χ3v) is 6.70. The van der Waals surface area contributed by atoms with Gasteiger partial charge in [0.05, 0.1) is 24.0 Å². The molecule has 2 aliphatic rings. The SMILES string of the molecule is C=C1CC(C)(C)C(/C=N/S(=O)(=O)c2ccc(C)cc2)C12OCC(C)(C)CO2. The Balaban J connectivity index is 1.94. The van der Waals surface area contributed by atoms with Crippen LogP contribution in [0.25, 0.3) is 0 Å². The van der Waals surface area contributed by atoms with E-state index in [1.807, 2.05) is 6.92 Å². The van der Waals surface area contributed by atoms with Crippen LogP contribution >= 0.6 is 0 Å². The minimum Gasteiger partial charge on any atom is -0.345 e. The lowest BCUT2D eigenvalue weighted by Crippen LogP contribution is -2.52. The quantitative estimate of drug-likeness (QED) is 0.574. The number of aryl methyl sites for hydroxylation is 1. The van der Waals surface area contributed by atoms with Crippen molar-refractivity contribution in [2.45, 2.75) is 51.7 Å². The van der Waals surface area contributed by atoms with E-state index >= 15 is 0 Å². The lowest BCUT2D eigenvalue weighted by atomic mass is 9.80. The van der Waals surface area contributed by atoms with Gasteiger partial charge in [0, 0.05) is 11.6 Å². The maximum absolute atomic E-state index is 12.7. The zero-order valence-electron chi connectivity index (χ0n) is 16.8. The molecule has 1 saturated heterocycles. The Labute approximate surface area is 162 Å². The minimum absolute atomic E-state index is 0.0894. The summed E-state index contributed by atoms with van der Waals surface area (Å²) < 4.78 is 41.7. The van der Waals surface area contributed by atoms with Gasteiger partial charge in [-0.1, -0.05) is 52.0 Å². The molecule has 3 rings (SSSR count). The van der Waals surface area contributed by atoms with Crippen LogP contribution in [0.15, 0.2) is 45.7 Å². The molecule has 1 atom stereocenters. The Morgan fingerprint density at radius 1 is 1.11 bits per heavy atom. The van der Waals surface area contributed by atoms with E-state index in [-0.39, 0.29) is 21.6 Å². The molecule has 1 aliphatic heterocycles. The van der Waals surface area contributed by atoms with Gasteiger partial charge in [0.15, 0.2) is 5.79 Å². The molecular weight excluding hydrogens is 362 g/mol. The predicted molar refractivity (Wildman–Crippen MR) is 106 cm³/mol. The average molecular weight is 392 g/mol. The van der Waals surface area contributed by atoms with Gasteiger partial charge in [-0.25, -0.2) is 0 Å². The summed E-state index contributed by atoms with van der Waals surface area (Å²) in [6.07, 6.45) is 2.18. The second-order valence-electron chi connectivity index (χ2n) is 9.20. The second-order valence-corrected chi connectivity index (χ2v) is 10.8. The maximum atomic E-state index is 12.7. The van der Waals surface area contributed by atoms with Crippen molar-refractivity contribution in [1.29, 1.82) is 0 Å². The van der Waals surface area contributed by atoms with Crippen molar-refractivity contribution in [2.75, 3.05) is 13.2 Å². The zero-order valence-corrected chi connectivity index (χ0v) is 17.6. The van der Waals surface area contributed by atoms with Gasteiger partial charge in [-0.2, -0.15) is 12.8 Å². The number of ether oxygens (including phenoxy) is 2. The van der Waals surface area contributed by atoms with E-state index in [0.29, 0.717) is 19.6 Å². The predicted octanol–water partition coefficient (Wildman–Crippen LogP) is 4.13. The van der Waals surface area contributed by atoms with Crippen LogP contribution in [-0.2, 0) is 19.5 Å². The van der Waals surface area contributed by atoms with Gasteiger partial charge in [-0.05, 0) is 36.5 Å². The molecule has 6 heteroatoms. The molecule has 1 heterocycles. The van der Waals surface area contributed by atoms with E-state index in [9.17, 15) is 8.42 Å². The van der Waals surface area contributed by atoms with Crippen molar-refractivity contribution in [1.82, 2.24) is 0 Å². The molecule has 1 aromatic carbocycles. The lowest BCUT2D eigenvalue weighted by molar-refractivity contribution is -0.289. The Hall–Kier alpha value is -1.50. The van der Waals surface area contributed by atoms with Crippen LogP contribution in [0.3, 0.4) is 0 Å². The lowest BCUT2D eigenvalue weighted by Gasteiger charge is -2.45. The summed E-state index contributed by atoms with van der Waals surface area (Å²) >= 11 is 0. The second kappa shape index (κ2) is 6.54. The fraction of sp³-hybridized carbons (Fsp3) is 0.571. The molecule has 1 saturated carbocycles. The topological polar surface area (TPSA) is 65.0 Å². The monoisotopic (exact) mass is 391 g/mol. The van der Waals surface area contributed by atoms with E-state index in [1.54, 1.807) is 24.3 Å². The Morgan fingerprint density at radius 3 is 2.22 bits per heavy atom.